The maximum Gasteiger partial charge on any atom is 0.272 e. The summed E-state index contributed by atoms with van der Waals surface area (Å²) in [6, 6.07) is 13.6. The van der Waals surface area contributed by atoms with Crippen LogP contribution in [0.4, 0.5) is 5.69 Å². The van der Waals surface area contributed by atoms with E-state index >= 15 is 0 Å². The van der Waals surface area contributed by atoms with Crippen molar-refractivity contribution in [3.8, 4) is 0 Å². The van der Waals surface area contributed by atoms with Gasteiger partial charge in [-0.1, -0.05) is 6.07 Å². The molecule has 116 valence electrons. The molecule has 0 saturated carbocycles. The minimum absolute atomic E-state index is 0.161. The lowest BCUT2D eigenvalue weighted by atomic mass is 10.3. The molecule has 0 aliphatic heterocycles. The summed E-state index contributed by atoms with van der Waals surface area (Å²) in [7, 11) is 0. The molecule has 0 unspecified atom stereocenters. The average Bonchev–Trinajstić information content (AvgIpc) is 3.02. The fourth-order valence-electron chi connectivity index (χ4n) is 1.98. The minimum Gasteiger partial charge on any atom is -0.356 e. The standard InChI is InChI=1S/C17H14BrN3OS/c18-13-8-16(20-10-13)17(22)21-14-3-5-15(6-4-14)23-11-12-2-1-7-19-9-12/h1-10,20H,11H2,(H,21,22). The first-order valence-corrected chi connectivity index (χ1v) is 8.75. The second-order valence-electron chi connectivity index (χ2n) is 4.86. The highest BCUT2D eigenvalue weighted by molar-refractivity contribution is 9.10. The van der Waals surface area contributed by atoms with Crippen LogP contribution < -0.4 is 5.32 Å². The average molecular weight is 388 g/mol. The largest absolute Gasteiger partial charge is 0.356 e. The number of carbonyl (C=O) groups excluding carboxylic acids is 1. The zero-order valence-electron chi connectivity index (χ0n) is 12.1. The molecule has 23 heavy (non-hydrogen) atoms. The number of aromatic amines is 1. The van der Waals surface area contributed by atoms with Crippen LogP contribution in [0.3, 0.4) is 0 Å². The number of aromatic nitrogens is 2. The van der Waals surface area contributed by atoms with Crippen molar-refractivity contribution >= 4 is 39.3 Å². The predicted molar refractivity (Wildman–Crippen MR) is 96.7 cm³/mol. The molecule has 0 atom stereocenters. The lowest BCUT2D eigenvalue weighted by molar-refractivity contribution is 0.102. The molecule has 2 N–H and O–H groups in total. The van der Waals surface area contributed by atoms with Crippen molar-refractivity contribution in [2.75, 3.05) is 5.32 Å². The fraction of sp³-hybridized carbons (Fsp3) is 0.0588. The highest BCUT2D eigenvalue weighted by atomic mass is 79.9. The van der Waals surface area contributed by atoms with Crippen LogP contribution in [0.25, 0.3) is 0 Å². The molecule has 6 heteroatoms. The Labute approximate surface area is 146 Å². The van der Waals surface area contributed by atoms with Gasteiger partial charge in [0, 0.05) is 39.4 Å². The first kappa shape index (κ1) is 15.8. The highest BCUT2D eigenvalue weighted by Crippen LogP contribution is 2.24. The Morgan fingerprint density at radius 3 is 2.74 bits per heavy atom. The Hall–Kier alpha value is -2.05. The van der Waals surface area contributed by atoms with Gasteiger partial charge in [0.05, 0.1) is 0 Å². The summed E-state index contributed by atoms with van der Waals surface area (Å²) in [6.45, 7) is 0. The Balaban J connectivity index is 1.57. The van der Waals surface area contributed by atoms with Crippen molar-refractivity contribution in [3.05, 3.63) is 76.8 Å². The molecule has 1 aromatic carbocycles. The van der Waals surface area contributed by atoms with Gasteiger partial charge in [-0.2, -0.15) is 0 Å². The number of carbonyl (C=O) groups is 1. The Kier molecular flexibility index (Phi) is 5.15. The van der Waals surface area contributed by atoms with Crippen molar-refractivity contribution in [1.29, 1.82) is 0 Å². The first-order valence-electron chi connectivity index (χ1n) is 6.98. The number of nitrogens with zero attached hydrogens (tertiary/aromatic N) is 1. The third kappa shape index (κ3) is 4.46. The maximum atomic E-state index is 12.0. The van der Waals surface area contributed by atoms with Crippen LogP contribution >= 0.6 is 27.7 Å². The number of rotatable bonds is 5. The summed E-state index contributed by atoms with van der Waals surface area (Å²) in [6.07, 6.45) is 5.37. The predicted octanol–water partition coefficient (Wildman–Crippen LogP) is 4.72. The summed E-state index contributed by atoms with van der Waals surface area (Å²) in [5.74, 6) is 0.710. The third-order valence-corrected chi connectivity index (χ3v) is 4.67. The number of benzene rings is 1. The molecule has 2 heterocycles. The molecule has 0 aliphatic carbocycles. The molecule has 0 saturated heterocycles. The molecule has 1 amide bonds. The van der Waals surface area contributed by atoms with Crippen LogP contribution in [0.2, 0.25) is 0 Å². The molecule has 0 fully saturated rings. The smallest absolute Gasteiger partial charge is 0.272 e. The molecule has 0 bridgehead atoms. The number of anilines is 1. The molecule has 0 radical (unpaired) electrons. The molecular formula is C17H14BrN3OS. The summed E-state index contributed by atoms with van der Waals surface area (Å²) in [5.41, 5.74) is 2.48. The van der Waals surface area contributed by atoms with E-state index < -0.39 is 0 Å². The van der Waals surface area contributed by atoms with Crippen molar-refractivity contribution in [3.63, 3.8) is 0 Å². The Morgan fingerprint density at radius 2 is 2.09 bits per heavy atom. The Bertz CT molecular complexity index is 787. The monoisotopic (exact) mass is 387 g/mol. The van der Waals surface area contributed by atoms with Gasteiger partial charge < -0.3 is 10.3 Å². The number of amides is 1. The Morgan fingerprint density at radius 1 is 1.26 bits per heavy atom. The van der Waals surface area contributed by atoms with Crippen LogP contribution in [-0.2, 0) is 5.75 Å². The number of pyridine rings is 1. The van der Waals surface area contributed by atoms with E-state index in [1.165, 1.54) is 5.56 Å². The zero-order valence-corrected chi connectivity index (χ0v) is 14.5. The number of hydrogen-bond acceptors (Lipinski definition) is 3. The number of nitrogens with one attached hydrogen (secondary N) is 2. The first-order chi connectivity index (χ1) is 11.2. The quantitative estimate of drug-likeness (QED) is 0.622. The van der Waals surface area contributed by atoms with Gasteiger partial charge in [-0.15, -0.1) is 11.8 Å². The van der Waals surface area contributed by atoms with E-state index in [4.69, 9.17) is 0 Å². The van der Waals surface area contributed by atoms with E-state index in [2.05, 4.69) is 37.3 Å². The van der Waals surface area contributed by atoms with E-state index in [0.29, 0.717) is 5.69 Å². The molecule has 0 spiro atoms. The SMILES string of the molecule is O=C(Nc1ccc(SCc2cccnc2)cc1)c1cc(Br)c[nH]1. The second-order valence-corrected chi connectivity index (χ2v) is 6.82. The van der Waals surface area contributed by atoms with Crippen molar-refractivity contribution in [2.24, 2.45) is 0 Å². The molecular weight excluding hydrogens is 374 g/mol. The van der Waals surface area contributed by atoms with Gasteiger partial charge in [-0.3, -0.25) is 9.78 Å². The van der Waals surface area contributed by atoms with Crippen LogP contribution in [0.5, 0.6) is 0 Å². The molecule has 0 aliphatic rings. The van der Waals surface area contributed by atoms with Crippen molar-refractivity contribution in [2.45, 2.75) is 10.6 Å². The van der Waals surface area contributed by atoms with Crippen molar-refractivity contribution < 1.29 is 4.79 Å². The van der Waals surface area contributed by atoms with Gasteiger partial charge in [0.2, 0.25) is 0 Å². The fourth-order valence-corrected chi connectivity index (χ4v) is 3.16. The minimum atomic E-state index is -0.161. The van der Waals surface area contributed by atoms with Gasteiger partial charge in [-0.05, 0) is 57.9 Å². The van der Waals surface area contributed by atoms with E-state index in [9.17, 15) is 4.79 Å². The van der Waals surface area contributed by atoms with Crippen LogP contribution in [0, 0.1) is 0 Å². The van der Waals surface area contributed by atoms with Gasteiger partial charge in [0.25, 0.3) is 5.91 Å². The van der Waals surface area contributed by atoms with E-state index in [1.54, 1.807) is 30.2 Å². The number of thioether (sulfide) groups is 1. The van der Waals surface area contributed by atoms with Crippen molar-refractivity contribution in [1.82, 2.24) is 9.97 Å². The summed E-state index contributed by atoms with van der Waals surface area (Å²) in [5, 5.41) is 2.86. The van der Waals surface area contributed by atoms with Gasteiger partial charge in [-0.25, -0.2) is 0 Å². The van der Waals surface area contributed by atoms with Gasteiger partial charge in [0.1, 0.15) is 5.69 Å². The summed E-state index contributed by atoms with van der Waals surface area (Å²) >= 11 is 5.05. The third-order valence-electron chi connectivity index (χ3n) is 3.13. The summed E-state index contributed by atoms with van der Waals surface area (Å²) in [4.78, 5) is 20.2. The number of halogens is 1. The van der Waals surface area contributed by atoms with E-state index in [-0.39, 0.29) is 5.91 Å². The second kappa shape index (κ2) is 7.48. The number of H-pyrrole nitrogens is 1. The number of hydrogen-bond donors (Lipinski definition) is 2. The van der Waals surface area contributed by atoms with Crippen LogP contribution in [-0.4, -0.2) is 15.9 Å². The molecule has 3 aromatic rings. The van der Waals surface area contributed by atoms with Crippen LogP contribution in [0.1, 0.15) is 16.1 Å². The van der Waals surface area contributed by atoms with Gasteiger partial charge >= 0.3 is 0 Å². The lowest BCUT2D eigenvalue weighted by Gasteiger charge is -2.06. The topological polar surface area (TPSA) is 57.8 Å². The maximum absolute atomic E-state index is 12.0. The highest BCUT2D eigenvalue weighted by Gasteiger charge is 2.08. The molecule has 2 aromatic heterocycles. The summed E-state index contributed by atoms with van der Waals surface area (Å²) < 4.78 is 0.852. The van der Waals surface area contributed by atoms with Crippen LogP contribution in [0.15, 0.2) is 70.4 Å². The molecule has 3 rings (SSSR count). The molecule has 4 nitrogen and oxygen atoms in total. The zero-order chi connectivity index (χ0) is 16.1. The van der Waals surface area contributed by atoms with E-state index in [0.717, 1.165) is 20.8 Å². The van der Waals surface area contributed by atoms with E-state index in [1.807, 2.05) is 36.5 Å². The van der Waals surface area contributed by atoms with Gasteiger partial charge in [0.15, 0.2) is 0 Å². The normalized spacial score (nSPS) is 10.5. The lowest BCUT2D eigenvalue weighted by Crippen LogP contribution is -2.11.